The summed E-state index contributed by atoms with van der Waals surface area (Å²) in [6.07, 6.45) is -2.15. The Bertz CT molecular complexity index is 176. The quantitative estimate of drug-likeness (QED) is 0.500. The SMILES string of the molecule is CCOC(=O)OCOC(=O)C(C)O. The fraction of sp³-hybridized carbons (Fsp3) is 0.714. The third-order valence-corrected chi connectivity index (χ3v) is 0.981. The van der Waals surface area contributed by atoms with E-state index in [4.69, 9.17) is 5.11 Å². The molecule has 1 unspecified atom stereocenters. The van der Waals surface area contributed by atoms with E-state index in [1.54, 1.807) is 6.92 Å². The van der Waals surface area contributed by atoms with Gasteiger partial charge in [0.2, 0.25) is 6.79 Å². The fourth-order valence-electron chi connectivity index (χ4n) is 0.416. The minimum atomic E-state index is -1.23. The molecular weight excluding hydrogens is 180 g/mol. The Kier molecular flexibility index (Phi) is 5.62. The number of hydrogen-bond donors (Lipinski definition) is 1. The zero-order valence-corrected chi connectivity index (χ0v) is 7.48. The highest BCUT2D eigenvalue weighted by atomic mass is 16.8. The molecule has 0 saturated heterocycles. The number of aliphatic hydroxyl groups excluding tert-OH is 1. The largest absolute Gasteiger partial charge is 0.511 e. The van der Waals surface area contributed by atoms with Crippen molar-refractivity contribution in [3.05, 3.63) is 0 Å². The van der Waals surface area contributed by atoms with Crippen molar-refractivity contribution in [2.75, 3.05) is 13.4 Å². The Morgan fingerprint density at radius 1 is 1.31 bits per heavy atom. The number of carbonyl (C=O) groups excluding carboxylic acids is 2. The second-order valence-electron chi connectivity index (χ2n) is 2.08. The third-order valence-electron chi connectivity index (χ3n) is 0.981. The van der Waals surface area contributed by atoms with Crippen molar-refractivity contribution in [1.29, 1.82) is 0 Å². The highest BCUT2D eigenvalue weighted by Gasteiger charge is 2.11. The van der Waals surface area contributed by atoms with Crippen LogP contribution in [0.3, 0.4) is 0 Å². The van der Waals surface area contributed by atoms with Gasteiger partial charge in [0.1, 0.15) is 6.10 Å². The lowest BCUT2D eigenvalue weighted by molar-refractivity contribution is -0.162. The van der Waals surface area contributed by atoms with Crippen molar-refractivity contribution in [3.8, 4) is 0 Å². The molecule has 1 N–H and O–H groups in total. The highest BCUT2D eigenvalue weighted by Crippen LogP contribution is 1.89. The number of rotatable bonds is 4. The molecule has 0 aromatic rings. The summed E-state index contributed by atoms with van der Waals surface area (Å²) in [7, 11) is 0. The Balaban J connectivity index is 3.45. The molecule has 0 fully saturated rings. The van der Waals surface area contributed by atoms with E-state index in [0.717, 1.165) is 0 Å². The first kappa shape index (κ1) is 11.7. The summed E-state index contributed by atoms with van der Waals surface area (Å²) in [6.45, 7) is 2.49. The fourth-order valence-corrected chi connectivity index (χ4v) is 0.416. The summed E-state index contributed by atoms with van der Waals surface area (Å²) in [5.74, 6) is -0.857. The average molecular weight is 192 g/mol. The van der Waals surface area contributed by atoms with Gasteiger partial charge in [-0.3, -0.25) is 0 Å². The van der Waals surface area contributed by atoms with Crippen molar-refractivity contribution in [3.63, 3.8) is 0 Å². The maximum absolute atomic E-state index is 10.6. The summed E-state index contributed by atoms with van der Waals surface area (Å²) in [5, 5.41) is 8.64. The molecule has 0 aliphatic heterocycles. The number of ether oxygens (including phenoxy) is 3. The van der Waals surface area contributed by atoms with Crippen LogP contribution in [0.4, 0.5) is 4.79 Å². The molecule has 0 spiro atoms. The van der Waals surface area contributed by atoms with Crippen LogP contribution in [0, 0.1) is 0 Å². The van der Waals surface area contributed by atoms with Crippen LogP contribution in [-0.4, -0.2) is 36.7 Å². The van der Waals surface area contributed by atoms with Gasteiger partial charge in [-0.15, -0.1) is 0 Å². The van der Waals surface area contributed by atoms with Crippen LogP contribution in [0.5, 0.6) is 0 Å². The second kappa shape index (κ2) is 6.24. The minimum Gasteiger partial charge on any atom is -0.435 e. The molecule has 76 valence electrons. The molecule has 0 radical (unpaired) electrons. The van der Waals surface area contributed by atoms with Gasteiger partial charge in [-0.05, 0) is 13.8 Å². The van der Waals surface area contributed by atoms with E-state index in [0.29, 0.717) is 0 Å². The van der Waals surface area contributed by atoms with E-state index in [1.807, 2.05) is 0 Å². The van der Waals surface area contributed by atoms with E-state index in [2.05, 4.69) is 14.2 Å². The summed E-state index contributed by atoms with van der Waals surface area (Å²) in [4.78, 5) is 21.1. The molecule has 0 saturated carbocycles. The summed E-state index contributed by atoms with van der Waals surface area (Å²) in [6, 6.07) is 0. The molecule has 13 heavy (non-hydrogen) atoms. The lowest BCUT2D eigenvalue weighted by atomic mass is 10.4. The third kappa shape index (κ3) is 5.92. The molecule has 1 atom stereocenters. The monoisotopic (exact) mass is 192 g/mol. The molecule has 0 aromatic heterocycles. The molecule has 0 rings (SSSR count). The topological polar surface area (TPSA) is 82.1 Å². The van der Waals surface area contributed by atoms with Crippen LogP contribution in [0.2, 0.25) is 0 Å². The minimum absolute atomic E-state index is 0.184. The number of hydrogen-bond acceptors (Lipinski definition) is 6. The predicted octanol–water partition coefficient (Wildman–Crippen LogP) is 0.0410. The van der Waals surface area contributed by atoms with Crippen LogP contribution in [-0.2, 0) is 19.0 Å². The van der Waals surface area contributed by atoms with Gasteiger partial charge < -0.3 is 19.3 Å². The van der Waals surface area contributed by atoms with Gasteiger partial charge in [-0.1, -0.05) is 0 Å². The average Bonchev–Trinajstić information content (AvgIpc) is 2.04. The molecule has 0 heterocycles. The van der Waals surface area contributed by atoms with Gasteiger partial charge in [0, 0.05) is 0 Å². The highest BCUT2D eigenvalue weighted by molar-refractivity contribution is 5.73. The summed E-state index contributed by atoms with van der Waals surface area (Å²) in [5.41, 5.74) is 0. The molecule has 6 nitrogen and oxygen atoms in total. The van der Waals surface area contributed by atoms with E-state index in [-0.39, 0.29) is 6.61 Å². The maximum atomic E-state index is 10.6. The summed E-state index contributed by atoms with van der Waals surface area (Å²) >= 11 is 0. The van der Waals surface area contributed by atoms with E-state index < -0.39 is 25.0 Å². The van der Waals surface area contributed by atoms with Crippen molar-refractivity contribution < 1.29 is 28.9 Å². The normalized spacial score (nSPS) is 11.6. The van der Waals surface area contributed by atoms with Gasteiger partial charge in [0.15, 0.2) is 0 Å². The van der Waals surface area contributed by atoms with Crippen LogP contribution < -0.4 is 0 Å². The smallest absolute Gasteiger partial charge is 0.435 e. The lowest BCUT2D eigenvalue weighted by Crippen LogP contribution is -2.22. The molecular formula is C7H12O6. The van der Waals surface area contributed by atoms with Gasteiger partial charge in [-0.2, -0.15) is 0 Å². The first-order valence-corrected chi connectivity index (χ1v) is 3.72. The standard InChI is InChI=1S/C7H12O6/c1-3-11-7(10)13-4-12-6(9)5(2)8/h5,8H,3-4H2,1-2H3. The summed E-state index contributed by atoms with van der Waals surface area (Å²) < 4.78 is 13.0. The van der Waals surface area contributed by atoms with E-state index in [9.17, 15) is 9.59 Å². The zero-order valence-electron chi connectivity index (χ0n) is 7.48. The van der Waals surface area contributed by atoms with Gasteiger partial charge in [0.25, 0.3) is 0 Å². The molecule has 6 heteroatoms. The van der Waals surface area contributed by atoms with Crippen molar-refractivity contribution in [1.82, 2.24) is 0 Å². The van der Waals surface area contributed by atoms with Gasteiger partial charge >= 0.3 is 12.1 Å². The van der Waals surface area contributed by atoms with Crippen LogP contribution in [0.25, 0.3) is 0 Å². The van der Waals surface area contributed by atoms with E-state index >= 15 is 0 Å². The van der Waals surface area contributed by atoms with Crippen molar-refractivity contribution >= 4 is 12.1 Å². The lowest BCUT2D eigenvalue weighted by Gasteiger charge is -2.06. The number of esters is 1. The molecule has 0 aromatic carbocycles. The Hall–Kier alpha value is -1.30. The molecule has 0 bridgehead atoms. The van der Waals surface area contributed by atoms with Crippen molar-refractivity contribution in [2.24, 2.45) is 0 Å². The molecule has 0 aliphatic carbocycles. The van der Waals surface area contributed by atoms with Gasteiger partial charge in [0.05, 0.1) is 6.61 Å². The Labute approximate surface area is 75.4 Å². The van der Waals surface area contributed by atoms with E-state index in [1.165, 1.54) is 6.92 Å². The van der Waals surface area contributed by atoms with Crippen LogP contribution in [0.1, 0.15) is 13.8 Å². The van der Waals surface area contributed by atoms with Crippen LogP contribution >= 0.6 is 0 Å². The second-order valence-corrected chi connectivity index (χ2v) is 2.08. The van der Waals surface area contributed by atoms with Crippen molar-refractivity contribution in [2.45, 2.75) is 20.0 Å². The molecule has 0 amide bonds. The number of carbonyl (C=O) groups is 2. The first-order chi connectivity index (χ1) is 6.07. The van der Waals surface area contributed by atoms with Gasteiger partial charge in [-0.25, -0.2) is 9.59 Å². The first-order valence-electron chi connectivity index (χ1n) is 3.72. The van der Waals surface area contributed by atoms with Crippen LogP contribution in [0.15, 0.2) is 0 Å². The predicted molar refractivity (Wildman–Crippen MR) is 40.7 cm³/mol. The Morgan fingerprint density at radius 3 is 2.38 bits per heavy atom. The molecule has 0 aliphatic rings. The zero-order chi connectivity index (χ0) is 10.3. The number of aliphatic hydroxyl groups is 1. The Morgan fingerprint density at radius 2 is 1.92 bits per heavy atom. The maximum Gasteiger partial charge on any atom is 0.511 e.